The largest absolute Gasteiger partial charge is 0.458 e. The van der Waals surface area contributed by atoms with Crippen LogP contribution in [0, 0.1) is 12.3 Å². The Morgan fingerprint density at radius 3 is 2.40 bits per heavy atom. The smallest absolute Gasteiger partial charge is 0.168 e. The van der Waals surface area contributed by atoms with Gasteiger partial charge in [0.25, 0.3) is 0 Å². The van der Waals surface area contributed by atoms with Crippen molar-refractivity contribution < 1.29 is 4.42 Å². The molecule has 3 nitrogen and oxygen atoms in total. The summed E-state index contributed by atoms with van der Waals surface area (Å²) in [5, 5.41) is 6.93. The summed E-state index contributed by atoms with van der Waals surface area (Å²) in [6.45, 7) is 1.81. The summed E-state index contributed by atoms with van der Waals surface area (Å²) in [5.41, 5.74) is 5.12. The maximum absolute atomic E-state index is 6.93. The van der Waals surface area contributed by atoms with Crippen LogP contribution in [0.4, 0.5) is 0 Å². The number of hydrogen-bond acceptors (Lipinski definition) is 2. The van der Waals surface area contributed by atoms with Gasteiger partial charge in [-0.15, -0.1) is 12.4 Å². The predicted octanol–water partition coefficient (Wildman–Crippen LogP) is 1.29. The van der Waals surface area contributed by atoms with Gasteiger partial charge in [-0.25, -0.2) is 0 Å². The molecule has 10 heavy (non-hydrogen) atoms. The number of nitrogen functional groups attached to an aromatic ring is 1. The van der Waals surface area contributed by atoms with Gasteiger partial charge in [-0.3, -0.25) is 5.41 Å². The number of hydrogen-bond donors (Lipinski definition) is 2. The van der Waals surface area contributed by atoms with Crippen molar-refractivity contribution in [2.24, 2.45) is 5.73 Å². The zero-order chi connectivity index (χ0) is 6.85. The number of aryl methyl sites for hydroxylation is 1. The van der Waals surface area contributed by atoms with E-state index >= 15 is 0 Å². The lowest BCUT2D eigenvalue weighted by Gasteiger charge is -1.87. The minimum Gasteiger partial charge on any atom is -0.458 e. The molecule has 0 bridgehead atoms. The fourth-order valence-corrected chi connectivity index (χ4v) is 0.579. The molecule has 0 spiro atoms. The van der Waals surface area contributed by atoms with Crippen molar-refractivity contribution in [2.45, 2.75) is 6.92 Å². The molecule has 1 rings (SSSR count). The fraction of sp³-hybridized carbons (Fsp3) is 0.167. The normalized spacial score (nSPS) is 8.50. The summed E-state index contributed by atoms with van der Waals surface area (Å²) in [5.74, 6) is 1.19. The molecule has 0 saturated heterocycles. The average Bonchev–Trinajstić information content (AvgIpc) is 2.14. The number of amidine groups is 1. The molecule has 0 amide bonds. The highest BCUT2D eigenvalue weighted by Gasteiger charge is 1.98. The first-order valence-corrected chi connectivity index (χ1v) is 2.61. The molecule has 4 heteroatoms. The first kappa shape index (κ1) is 9.04. The van der Waals surface area contributed by atoms with Crippen LogP contribution in [0.5, 0.6) is 0 Å². The van der Waals surface area contributed by atoms with Gasteiger partial charge in [0.2, 0.25) is 0 Å². The van der Waals surface area contributed by atoms with Gasteiger partial charge in [-0.2, -0.15) is 0 Å². The van der Waals surface area contributed by atoms with Gasteiger partial charge < -0.3 is 10.2 Å². The van der Waals surface area contributed by atoms with E-state index in [4.69, 9.17) is 15.6 Å². The van der Waals surface area contributed by atoms with Crippen LogP contribution in [0.2, 0.25) is 0 Å². The van der Waals surface area contributed by atoms with E-state index in [1.807, 2.05) is 6.92 Å². The molecule has 0 aliphatic carbocycles. The quantitative estimate of drug-likeness (QED) is 0.481. The highest BCUT2D eigenvalue weighted by molar-refractivity contribution is 5.92. The Hall–Kier alpha value is -0.960. The zero-order valence-electron chi connectivity index (χ0n) is 5.55. The van der Waals surface area contributed by atoms with Gasteiger partial charge in [0.1, 0.15) is 5.76 Å². The minimum atomic E-state index is -0.0249. The summed E-state index contributed by atoms with van der Waals surface area (Å²) < 4.78 is 5.00. The van der Waals surface area contributed by atoms with Crippen molar-refractivity contribution in [2.75, 3.05) is 0 Å². The molecule has 56 valence electrons. The van der Waals surface area contributed by atoms with E-state index in [2.05, 4.69) is 0 Å². The maximum Gasteiger partial charge on any atom is 0.168 e. The molecule has 0 atom stereocenters. The van der Waals surface area contributed by atoms with Crippen LogP contribution in [-0.2, 0) is 0 Å². The van der Waals surface area contributed by atoms with Gasteiger partial charge in [0, 0.05) is 0 Å². The van der Waals surface area contributed by atoms with Crippen LogP contribution in [0.3, 0.4) is 0 Å². The Balaban J connectivity index is 0.000000810. The highest BCUT2D eigenvalue weighted by Crippen LogP contribution is 2.03. The van der Waals surface area contributed by atoms with E-state index in [1.54, 1.807) is 12.1 Å². The summed E-state index contributed by atoms with van der Waals surface area (Å²) in [4.78, 5) is 0. The van der Waals surface area contributed by atoms with Crippen molar-refractivity contribution in [3.63, 3.8) is 0 Å². The van der Waals surface area contributed by atoms with Crippen LogP contribution >= 0.6 is 12.4 Å². The third-order valence-electron chi connectivity index (χ3n) is 1.01. The summed E-state index contributed by atoms with van der Waals surface area (Å²) in [6, 6.07) is 3.45. The number of nitrogens with two attached hydrogens (primary N) is 1. The van der Waals surface area contributed by atoms with Crippen molar-refractivity contribution in [3.05, 3.63) is 23.7 Å². The van der Waals surface area contributed by atoms with Gasteiger partial charge in [-0.05, 0) is 19.1 Å². The average molecular weight is 161 g/mol. The first-order chi connectivity index (χ1) is 4.20. The fourth-order valence-electron chi connectivity index (χ4n) is 0.579. The number of nitrogens with one attached hydrogen (secondary N) is 1. The molecule has 1 aromatic heterocycles. The van der Waals surface area contributed by atoms with Crippen LogP contribution in [0.25, 0.3) is 0 Å². The second-order valence-corrected chi connectivity index (χ2v) is 1.82. The van der Waals surface area contributed by atoms with E-state index in [0.717, 1.165) is 5.76 Å². The molecular weight excluding hydrogens is 152 g/mol. The number of halogens is 1. The highest BCUT2D eigenvalue weighted by atomic mass is 35.5. The second kappa shape index (κ2) is 3.27. The SMILES string of the molecule is Cc1ccc(C(=N)N)o1.Cl. The Kier molecular flexibility index (Phi) is 2.96. The molecule has 3 N–H and O–H groups in total. The zero-order valence-corrected chi connectivity index (χ0v) is 6.37. The van der Waals surface area contributed by atoms with Crippen molar-refractivity contribution >= 4 is 18.2 Å². The molecule has 0 fully saturated rings. The van der Waals surface area contributed by atoms with E-state index in [0.29, 0.717) is 5.76 Å². The predicted molar refractivity (Wildman–Crippen MR) is 41.7 cm³/mol. The van der Waals surface area contributed by atoms with Crippen LogP contribution in [0.15, 0.2) is 16.5 Å². The standard InChI is InChI=1S/C6H8N2O.ClH/c1-4-2-3-5(9-4)6(7)8;/h2-3H,1H3,(H3,7,8);1H. The van der Waals surface area contributed by atoms with Crippen molar-refractivity contribution in [1.29, 1.82) is 5.41 Å². The minimum absolute atomic E-state index is 0. The Morgan fingerprint density at radius 1 is 1.60 bits per heavy atom. The van der Waals surface area contributed by atoms with Gasteiger partial charge in [0.15, 0.2) is 11.6 Å². The lowest BCUT2D eigenvalue weighted by atomic mass is 10.4. The van der Waals surface area contributed by atoms with Crippen LogP contribution < -0.4 is 5.73 Å². The third kappa shape index (κ3) is 1.77. The van der Waals surface area contributed by atoms with Crippen LogP contribution in [0.1, 0.15) is 11.5 Å². The molecule has 0 aliphatic heterocycles. The number of furan rings is 1. The lowest BCUT2D eigenvalue weighted by molar-refractivity contribution is 0.524. The molecule has 0 aliphatic rings. The molecule has 1 aromatic rings. The van der Waals surface area contributed by atoms with Crippen LogP contribution in [-0.4, -0.2) is 5.84 Å². The molecule has 0 unspecified atom stereocenters. The van der Waals surface area contributed by atoms with Gasteiger partial charge in [0.05, 0.1) is 0 Å². The van der Waals surface area contributed by atoms with Gasteiger partial charge in [-0.1, -0.05) is 0 Å². The monoisotopic (exact) mass is 160 g/mol. The van der Waals surface area contributed by atoms with E-state index < -0.39 is 0 Å². The topological polar surface area (TPSA) is 63.0 Å². The van der Waals surface area contributed by atoms with Crippen molar-refractivity contribution in [3.8, 4) is 0 Å². The van der Waals surface area contributed by atoms with Gasteiger partial charge >= 0.3 is 0 Å². The second-order valence-electron chi connectivity index (χ2n) is 1.82. The Labute approximate surface area is 65.1 Å². The first-order valence-electron chi connectivity index (χ1n) is 2.61. The summed E-state index contributed by atoms with van der Waals surface area (Å²) in [7, 11) is 0. The summed E-state index contributed by atoms with van der Waals surface area (Å²) in [6.07, 6.45) is 0. The van der Waals surface area contributed by atoms with E-state index in [9.17, 15) is 0 Å². The number of rotatable bonds is 1. The Morgan fingerprint density at radius 2 is 2.20 bits per heavy atom. The lowest BCUT2D eigenvalue weighted by Crippen LogP contribution is -2.09. The summed E-state index contributed by atoms with van der Waals surface area (Å²) >= 11 is 0. The maximum atomic E-state index is 6.93. The third-order valence-corrected chi connectivity index (χ3v) is 1.01. The van der Waals surface area contributed by atoms with E-state index in [-0.39, 0.29) is 18.2 Å². The molecule has 0 radical (unpaired) electrons. The van der Waals surface area contributed by atoms with Crippen molar-refractivity contribution in [1.82, 2.24) is 0 Å². The molecule has 0 saturated carbocycles. The Bertz CT molecular complexity index is 231. The molecule has 1 heterocycles. The van der Waals surface area contributed by atoms with E-state index in [1.165, 1.54) is 0 Å². The molecular formula is C6H9ClN2O. The molecule has 0 aromatic carbocycles.